The second kappa shape index (κ2) is 6.27. The van der Waals surface area contributed by atoms with Crippen molar-refractivity contribution in [3.05, 3.63) is 35.4 Å². The van der Waals surface area contributed by atoms with Crippen molar-refractivity contribution in [2.24, 2.45) is 0 Å². The number of hydrogen-bond acceptors (Lipinski definition) is 2. The Morgan fingerprint density at radius 2 is 2.00 bits per heavy atom. The van der Waals surface area contributed by atoms with E-state index in [-0.39, 0.29) is 18.7 Å². The van der Waals surface area contributed by atoms with Crippen LogP contribution in [0.1, 0.15) is 49.8 Å². The second-order valence-electron chi connectivity index (χ2n) is 5.82. The predicted octanol–water partition coefficient (Wildman–Crippen LogP) is 2.66. The van der Waals surface area contributed by atoms with E-state index in [0.29, 0.717) is 0 Å². The molecule has 1 aliphatic rings. The lowest BCUT2D eigenvalue weighted by Gasteiger charge is -2.29. The van der Waals surface area contributed by atoms with Crippen molar-refractivity contribution >= 4 is 6.03 Å². The van der Waals surface area contributed by atoms with Gasteiger partial charge in [0.05, 0.1) is 18.2 Å². The van der Waals surface area contributed by atoms with Gasteiger partial charge in [-0.05, 0) is 37.8 Å². The predicted molar refractivity (Wildman–Crippen MR) is 79.5 cm³/mol. The highest BCUT2D eigenvalue weighted by atomic mass is 16.3. The van der Waals surface area contributed by atoms with E-state index in [0.717, 1.165) is 36.8 Å². The molecule has 1 unspecified atom stereocenters. The molecular weight excluding hydrogens is 252 g/mol. The van der Waals surface area contributed by atoms with Crippen LogP contribution in [0.5, 0.6) is 0 Å². The van der Waals surface area contributed by atoms with Gasteiger partial charge < -0.3 is 15.7 Å². The Balaban J connectivity index is 1.96. The Hall–Kier alpha value is -1.55. The van der Waals surface area contributed by atoms with Gasteiger partial charge in [-0.3, -0.25) is 0 Å². The fourth-order valence-corrected chi connectivity index (χ4v) is 3.00. The SMILES string of the molecule is Cc1ccccc1C(C)NC(=O)NC1(CO)CCCC1. The lowest BCUT2D eigenvalue weighted by atomic mass is 9.99. The molecule has 2 rings (SSSR count). The van der Waals surface area contributed by atoms with Crippen LogP contribution in [0.3, 0.4) is 0 Å². The number of aryl methyl sites for hydroxylation is 1. The normalized spacial score (nSPS) is 18.6. The van der Waals surface area contributed by atoms with Crippen LogP contribution in [-0.4, -0.2) is 23.3 Å². The largest absolute Gasteiger partial charge is 0.394 e. The molecular formula is C16H24N2O2. The van der Waals surface area contributed by atoms with Crippen LogP contribution in [0, 0.1) is 6.92 Å². The van der Waals surface area contributed by atoms with Crippen molar-refractivity contribution in [2.75, 3.05) is 6.61 Å². The van der Waals surface area contributed by atoms with E-state index >= 15 is 0 Å². The highest BCUT2D eigenvalue weighted by Crippen LogP contribution is 2.29. The average Bonchev–Trinajstić information content (AvgIpc) is 2.88. The topological polar surface area (TPSA) is 61.4 Å². The van der Waals surface area contributed by atoms with Gasteiger partial charge in [-0.1, -0.05) is 37.1 Å². The quantitative estimate of drug-likeness (QED) is 0.791. The van der Waals surface area contributed by atoms with E-state index in [4.69, 9.17) is 0 Å². The van der Waals surface area contributed by atoms with Crippen LogP contribution in [0.2, 0.25) is 0 Å². The molecule has 4 heteroatoms. The number of aliphatic hydroxyl groups excluding tert-OH is 1. The summed E-state index contributed by atoms with van der Waals surface area (Å²) in [4.78, 5) is 12.1. The van der Waals surface area contributed by atoms with E-state index in [1.165, 1.54) is 0 Å². The van der Waals surface area contributed by atoms with Crippen molar-refractivity contribution in [1.29, 1.82) is 0 Å². The number of urea groups is 1. The third kappa shape index (κ3) is 3.31. The van der Waals surface area contributed by atoms with Crippen LogP contribution in [0.25, 0.3) is 0 Å². The van der Waals surface area contributed by atoms with Gasteiger partial charge in [-0.2, -0.15) is 0 Å². The number of carbonyl (C=O) groups excluding carboxylic acids is 1. The summed E-state index contributed by atoms with van der Waals surface area (Å²) in [5.41, 5.74) is 1.86. The zero-order chi connectivity index (χ0) is 14.6. The van der Waals surface area contributed by atoms with Gasteiger partial charge in [-0.15, -0.1) is 0 Å². The first-order valence-electron chi connectivity index (χ1n) is 7.31. The van der Waals surface area contributed by atoms with Crippen molar-refractivity contribution in [3.8, 4) is 0 Å². The highest BCUT2D eigenvalue weighted by molar-refractivity contribution is 5.75. The first-order chi connectivity index (χ1) is 9.56. The monoisotopic (exact) mass is 276 g/mol. The minimum atomic E-state index is -0.421. The van der Waals surface area contributed by atoms with Gasteiger partial charge in [0.15, 0.2) is 0 Å². The summed E-state index contributed by atoms with van der Waals surface area (Å²) in [6, 6.07) is 7.79. The van der Waals surface area contributed by atoms with Gasteiger partial charge in [0, 0.05) is 0 Å². The molecule has 1 saturated carbocycles. The van der Waals surface area contributed by atoms with Gasteiger partial charge in [0.2, 0.25) is 0 Å². The molecule has 0 radical (unpaired) electrons. The molecule has 20 heavy (non-hydrogen) atoms. The lowest BCUT2D eigenvalue weighted by molar-refractivity contribution is 0.162. The molecule has 110 valence electrons. The maximum atomic E-state index is 12.1. The number of aliphatic hydroxyl groups is 1. The number of benzene rings is 1. The standard InChI is InChI=1S/C16H24N2O2/c1-12-7-3-4-8-14(12)13(2)17-15(20)18-16(11-19)9-5-6-10-16/h3-4,7-8,13,19H,5-6,9-11H2,1-2H3,(H2,17,18,20). The van der Waals surface area contributed by atoms with Gasteiger partial charge >= 0.3 is 6.03 Å². The van der Waals surface area contributed by atoms with E-state index < -0.39 is 5.54 Å². The summed E-state index contributed by atoms with van der Waals surface area (Å²) >= 11 is 0. The minimum Gasteiger partial charge on any atom is -0.394 e. The molecule has 0 aromatic heterocycles. The molecule has 0 saturated heterocycles. The minimum absolute atomic E-state index is 0.0131. The first-order valence-corrected chi connectivity index (χ1v) is 7.31. The van der Waals surface area contributed by atoms with E-state index in [1.54, 1.807) is 0 Å². The summed E-state index contributed by atoms with van der Waals surface area (Å²) in [5.74, 6) is 0. The summed E-state index contributed by atoms with van der Waals surface area (Å²) in [6.45, 7) is 4.03. The van der Waals surface area contributed by atoms with Gasteiger partial charge in [0.25, 0.3) is 0 Å². The Bertz CT molecular complexity index is 467. The van der Waals surface area contributed by atoms with Crippen LogP contribution in [0.15, 0.2) is 24.3 Å². The molecule has 0 spiro atoms. The molecule has 1 aliphatic carbocycles. The molecule has 1 aromatic rings. The summed E-state index contributed by atoms with van der Waals surface area (Å²) < 4.78 is 0. The third-order valence-electron chi connectivity index (χ3n) is 4.24. The average molecular weight is 276 g/mol. The molecule has 1 fully saturated rings. The number of rotatable bonds is 4. The highest BCUT2D eigenvalue weighted by Gasteiger charge is 2.34. The molecule has 2 amide bonds. The molecule has 4 nitrogen and oxygen atoms in total. The van der Waals surface area contributed by atoms with Crippen LogP contribution in [0.4, 0.5) is 4.79 Å². The number of nitrogens with one attached hydrogen (secondary N) is 2. The number of amides is 2. The Morgan fingerprint density at radius 1 is 1.35 bits per heavy atom. The molecule has 1 aromatic carbocycles. The van der Waals surface area contributed by atoms with Crippen molar-refractivity contribution < 1.29 is 9.90 Å². The van der Waals surface area contributed by atoms with Crippen molar-refractivity contribution in [2.45, 2.75) is 51.1 Å². The fourth-order valence-electron chi connectivity index (χ4n) is 3.00. The first kappa shape index (κ1) is 14.9. The van der Waals surface area contributed by atoms with E-state index in [9.17, 15) is 9.90 Å². The maximum Gasteiger partial charge on any atom is 0.315 e. The molecule has 3 N–H and O–H groups in total. The van der Waals surface area contributed by atoms with Crippen LogP contribution in [-0.2, 0) is 0 Å². The maximum absolute atomic E-state index is 12.1. The van der Waals surface area contributed by atoms with Gasteiger partial charge in [-0.25, -0.2) is 4.79 Å². The van der Waals surface area contributed by atoms with E-state index in [2.05, 4.69) is 10.6 Å². The van der Waals surface area contributed by atoms with Crippen LogP contribution < -0.4 is 10.6 Å². The summed E-state index contributed by atoms with van der Waals surface area (Å²) in [7, 11) is 0. The molecule has 0 heterocycles. The zero-order valence-corrected chi connectivity index (χ0v) is 12.3. The van der Waals surface area contributed by atoms with E-state index in [1.807, 2.05) is 38.1 Å². The van der Waals surface area contributed by atoms with Crippen LogP contribution >= 0.6 is 0 Å². The number of hydrogen-bond donors (Lipinski definition) is 3. The fraction of sp³-hybridized carbons (Fsp3) is 0.562. The molecule has 0 aliphatic heterocycles. The smallest absolute Gasteiger partial charge is 0.315 e. The Kier molecular flexibility index (Phi) is 4.65. The summed E-state index contributed by atoms with van der Waals surface area (Å²) in [5, 5.41) is 15.4. The van der Waals surface area contributed by atoms with Crippen molar-refractivity contribution in [3.63, 3.8) is 0 Å². The Labute approximate surface area is 120 Å². The zero-order valence-electron chi connectivity index (χ0n) is 12.3. The van der Waals surface area contributed by atoms with Gasteiger partial charge in [0.1, 0.15) is 0 Å². The molecule has 0 bridgehead atoms. The molecule has 1 atom stereocenters. The third-order valence-corrected chi connectivity index (χ3v) is 4.24. The lowest BCUT2D eigenvalue weighted by Crippen LogP contribution is -2.53. The summed E-state index contributed by atoms with van der Waals surface area (Å²) in [6.07, 6.45) is 3.84. The Morgan fingerprint density at radius 3 is 2.60 bits per heavy atom. The number of carbonyl (C=O) groups is 1. The van der Waals surface area contributed by atoms with Crippen molar-refractivity contribution in [1.82, 2.24) is 10.6 Å². The second-order valence-corrected chi connectivity index (χ2v) is 5.82.